The summed E-state index contributed by atoms with van der Waals surface area (Å²) in [6.45, 7) is 5.27. The van der Waals surface area contributed by atoms with Crippen LogP contribution in [0.1, 0.15) is 45.7 Å². The van der Waals surface area contributed by atoms with Gasteiger partial charge in [-0.2, -0.15) is 0 Å². The number of hydrogen-bond acceptors (Lipinski definition) is 3. The van der Waals surface area contributed by atoms with Gasteiger partial charge in [0.05, 0.1) is 10.9 Å². The number of carbonyl (C=O) groups is 1. The third kappa shape index (κ3) is 2.69. The summed E-state index contributed by atoms with van der Waals surface area (Å²) in [7, 11) is 0. The molecule has 1 aliphatic rings. The Labute approximate surface area is 133 Å². The summed E-state index contributed by atoms with van der Waals surface area (Å²) < 4.78 is 2.64. The molecule has 1 atom stereocenters. The molecule has 1 heterocycles. The van der Waals surface area contributed by atoms with Gasteiger partial charge in [-0.05, 0) is 45.7 Å². The van der Waals surface area contributed by atoms with Gasteiger partial charge < -0.3 is 5.32 Å². The number of aromatic nitrogens is 2. The van der Waals surface area contributed by atoms with Crippen LogP contribution in [0.4, 0.5) is 0 Å². The monoisotopic (exact) mass is 315 g/mol. The average Bonchev–Trinajstić information content (AvgIpc) is 3.30. The molecule has 23 heavy (non-hydrogen) atoms. The minimum absolute atomic E-state index is 0.186. The van der Waals surface area contributed by atoms with Crippen molar-refractivity contribution in [3.8, 4) is 0 Å². The van der Waals surface area contributed by atoms with E-state index in [4.69, 9.17) is 0 Å². The lowest BCUT2D eigenvalue weighted by molar-refractivity contribution is -0.124. The third-order valence-electron chi connectivity index (χ3n) is 4.23. The van der Waals surface area contributed by atoms with Crippen LogP contribution >= 0.6 is 0 Å². The van der Waals surface area contributed by atoms with Crippen molar-refractivity contribution >= 4 is 16.8 Å². The molecule has 0 bridgehead atoms. The van der Waals surface area contributed by atoms with Crippen LogP contribution in [-0.2, 0) is 4.79 Å². The summed E-state index contributed by atoms with van der Waals surface area (Å²) in [6.07, 6.45) is 1.97. The molecular formula is C17H21N3O3. The SMILES string of the molecule is CC(C)n1c(=O)c2ccccc2n(C(C)C(=O)NC2CC2)c1=O. The molecule has 1 N–H and O–H groups in total. The maximum atomic E-state index is 12.8. The van der Waals surface area contributed by atoms with Crippen LogP contribution in [-0.4, -0.2) is 21.1 Å². The first-order valence-corrected chi connectivity index (χ1v) is 7.98. The fourth-order valence-electron chi connectivity index (χ4n) is 2.80. The van der Waals surface area contributed by atoms with Crippen LogP contribution in [0, 0.1) is 0 Å². The van der Waals surface area contributed by atoms with Crippen molar-refractivity contribution in [3.63, 3.8) is 0 Å². The summed E-state index contributed by atoms with van der Waals surface area (Å²) in [5.74, 6) is -0.186. The molecular weight excluding hydrogens is 294 g/mol. The highest BCUT2D eigenvalue weighted by Gasteiger charge is 2.28. The number of rotatable bonds is 4. The number of nitrogens with zero attached hydrogens (tertiary/aromatic N) is 2. The van der Waals surface area contributed by atoms with E-state index in [1.165, 1.54) is 9.13 Å². The predicted molar refractivity (Wildman–Crippen MR) is 88.7 cm³/mol. The van der Waals surface area contributed by atoms with E-state index in [9.17, 15) is 14.4 Å². The Morgan fingerprint density at radius 1 is 1.13 bits per heavy atom. The van der Waals surface area contributed by atoms with Crippen molar-refractivity contribution in [1.29, 1.82) is 0 Å². The second-order valence-electron chi connectivity index (χ2n) is 6.40. The van der Waals surface area contributed by atoms with Gasteiger partial charge in [0.1, 0.15) is 6.04 Å². The number of fused-ring (bicyclic) bond motifs is 1. The molecule has 3 rings (SSSR count). The van der Waals surface area contributed by atoms with Gasteiger partial charge in [0.25, 0.3) is 5.56 Å². The highest BCUT2D eigenvalue weighted by Crippen LogP contribution is 2.20. The van der Waals surface area contributed by atoms with E-state index < -0.39 is 11.7 Å². The fourth-order valence-corrected chi connectivity index (χ4v) is 2.80. The summed E-state index contributed by atoms with van der Waals surface area (Å²) in [5, 5.41) is 3.37. The zero-order chi connectivity index (χ0) is 16.7. The Morgan fingerprint density at radius 3 is 2.39 bits per heavy atom. The first-order chi connectivity index (χ1) is 10.9. The van der Waals surface area contributed by atoms with E-state index in [-0.39, 0.29) is 23.6 Å². The van der Waals surface area contributed by atoms with Crippen LogP contribution < -0.4 is 16.6 Å². The molecule has 6 nitrogen and oxygen atoms in total. The van der Waals surface area contributed by atoms with Gasteiger partial charge in [-0.1, -0.05) is 12.1 Å². The summed E-state index contributed by atoms with van der Waals surface area (Å²) in [5.41, 5.74) is -0.258. The second kappa shape index (κ2) is 5.68. The van der Waals surface area contributed by atoms with Gasteiger partial charge in [-0.25, -0.2) is 4.79 Å². The third-order valence-corrected chi connectivity index (χ3v) is 4.23. The zero-order valence-corrected chi connectivity index (χ0v) is 13.6. The molecule has 1 aromatic heterocycles. The largest absolute Gasteiger partial charge is 0.352 e. The van der Waals surface area contributed by atoms with Gasteiger partial charge in [-0.15, -0.1) is 0 Å². The van der Waals surface area contributed by atoms with Gasteiger partial charge in [0, 0.05) is 12.1 Å². The van der Waals surface area contributed by atoms with Gasteiger partial charge in [-0.3, -0.25) is 18.7 Å². The summed E-state index contributed by atoms with van der Waals surface area (Å²) in [4.78, 5) is 37.8. The lowest BCUT2D eigenvalue weighted by Crippen LogP contribution is -2.45. The number of amides is 1. The Balaban J connectivity index is 2.24. The minimum atomic E-state index is -0.668. The number of benzene rings is 1. The van der Waals surface area contributed by atoms with E-state index in [0.29, 0.717) is 10.9 Å². The number of hydrogen-bond donors (Lipinski definition) is 1. The molecule has 1 saturated carbocycles. The lowest BCUT2D eigenvalue weighted by Gasteiger charge is -2.20. The number of para-hydroxylation sites is 1. The Bertz CT molecular complexity index is 875. The van der Waals surface area contributed by atoms with Crippen LogP contribution in [0.25, 0.3) is 10.9 Å². The number of carbonyl (C=O) groups excluding carboxylic acids is 1. The summed E-state index contributed by atoms with van der Waals surface area (Å²) >= 11 is 0. The van der Waals surface area contributed by atoms with E-state index in [0.717, 1.165) is 12.8 Å². The second-order valence-corrected chi connectivity index (χ2v) is 6.40. The topological polar surface area (TPSA) is 73.1 Å². The van der Waals surface area contributed by atoms with Crippen LogP contribution in [0.3, 0.4) is 0 Å². The Morgan fingerprint density at radius 2 is 1.78 bits per heavy atom. The van der Waals surface area contributed by atoms with Crippen molar-refractivity contribution in [1.82, 2.24) is 14.5 Å². The minimum Gasteiger partial charge on any atom is -0.352 e. The van der Waals surface area contributed by atoms with Crippen molar-refractivity contribution in [2.45, 2.75) is 51.7 Å². The van der Waals surface area contributed by atoms with Crippen molar-refractivity contribution in [3.05, 3.63) is 45.1 Å². The Hall–Kier alpha value is -2.37. The van der Waals surface area contributed by atoms with E-state index >= 15 is 0 Å². The first kappa shape index (κ1) is 15.5. The van der Waals surface area contributed by atoms with Crippen molar-refractivity contribution in [2.24, 2.45) is 0 Å². The van der Waals surface area contributed by atoms with Gasteiger partial charge >= 0.3 is 5.69 Å². The molecule has 2 aromatic rings. The summed E-state index contributed by atoms with van der Waals surface area (Å²) in [6, 6.07) is 6.22. The van der Waals surface area contributed by atoms with E-state index in [1.54, 1.807) is 45.0 Å². The smallest absolute Gasteiger partial charge is 0.332 e. The zero-order valence-electron chi connectivity index (χ0n) is 13.6. The molecule has 122 valence electrons. The maximum Gasteiger partial charge on any atom is 0.332 e. The van der Waals surface area contributed by atoms with Gasteiger partial charge in [0.2, 0.25) is 5.91 Å². The molecule has 1 amide bonds. The quantitative estimate of drug-likeness (QED) is 0.931. The average molecular weight is 315 g/mol. The highest BCUT2D eigenvalue weighted by molar-refractivity contribution is 5.84. The Kier molecular flexibility index (Phi) is 3.83. The van der Waals surface area contributed by atoms with E-state index in [1.807, 2.05) is 0 Å². The molecule has 1 unspecified atom stereocenters. The van der Waals surface area contributed by atoms with E-state index in [2.05, 4.69) is 5.32 Å². The molecule has 0 saturated heterocycles. The molecule has 0 aliphatic heterocycles. The fraction of sp³-hybridized carbons (Fsp3) is 0.471. The molecule has 1 aromatic carbocycles. The maximum absolute atomic E-state index is 12.8. The highest BCUT2D eigenvalue weighted by atomic mass is 16.2. The lowest BCUT2D eigenvalue weighted by atomic mass is 10.2. The normalized spacial score (nSPS) is 15.8. The first-order valence-electron chi connectivity index (χ1n) is 7.98. The molecule has 0 spiro atoms. The van der Waals surface area contributed by atoms with Crippen LogP contribution in [0.2, 0.25) is 0 Å². The molecule has 1 aliphatic carbocycles. The standard InChI is InChI=1S/C17H21N3O3/c1-10(2)19-16(22)13-6-4-5-7-14(13)20(17(19)23)11(3)15(21)18-12-8-9-12/h4-7,10-12H,8-9H2,1-3H3,(H,18,21). The molecule has 1 fully saturated rings. The van der Waals surface area contributed by atoms with Crippen molar-refractivity contribution < 1.29 is 4.79 Å². The van der Waals surface area contributed by atoms with Crippen LogP contribution in [0.15, 0.2) is 33.9 Å². The van der Waals surface area contributed by atoms with Gasteiger partial charge in [0.15, 0.2) is 0 Å². The number of nitrogens with one attached hydrogen (secondary N) is 1. The van der Waals surface area contributed by atoms with Crippen LogP contribution in [0.5, 0.6) is 0 Å². The molecule has 0 radical (unpaired) electrons. The van der Waals surface area contributed by atoms with Crippen molar-refractivity contribution in [2.75, 3.05) is 0 Å². The predicted octanol–water partition coefficient (Wildman–Crippen LogP) is 1.58. The molecule has 6 heteroatoms.